The monoisotopic (exact) mass is 346 g/mol. The van der Waals surface area contributed by atoms with Gasteiger partial charge in [-0.15, -0.1) is 0 Å². The smallest absolute Gasteiger partial charge is 0.246 e. The second-order valence-electron chi connectivity index (χ2n) is 6.81. The van der Waals surface area contributed by atoms with Gasteiger partial charge < -0.3 is 19.3 Å². The van der Waals surface area contributed by atoms with Crippen molar-refractivity contribution in [1.29, 1.82) is 0 Å². The van der Waals surface area contributed by atoms with Crippen molar-refractivity contribution in [2.45, 2.75) is 65.2 Å². The molecule has 25 heavy (non-hydrogen) atoms. The summed E-state index contributed by atoms with van der Waals surface area (Å²) in [5, 5.41) is 7.21. The van der Waals surface area contributed by atoms with Crippen molar-refractivity contribution in [3.63, 3.8) is 0 Å². The molecule has 1 saturated heterocycles. The summed E-state index contributed by atoms with van der Waals surface area (Å²) >= 11 is 0. The SMILES string of the molecule is Cc1noc(CN2CCCCC(NCc3cncn3C(C)C)C2=O)n1. The second kappa shape index (κ2) is 7.77. The van der Waals surface area contributed by atoms with Crippen molar-refractivity contribution in [2.75, 3.05) is 6.54 Å². The zero-order valence-corrected chi connectivity index (χ0v) is 15.1. The normalized spacial score (nSPS) is 18.8. The highest BCUT2D eigenvalue weighted by molar-refractivity contribution is 5.82. The number of hydrogen-bond acceptors (Lipinski definition) is 6. The molecule has 0 bridgehead atoms. The van der Waals surface area contributed by atoms with E-state index in [0.29, 0.717) is 30.8 Å². The third-order valence-corrected chi connectivity index (χ3v) is 4.51. The molecule has 0 aliphatic carbocycles. The van der Waals surface area contributed by atoms with Crippen LogP contribution < -0.4 is 5.32 Å². The maximum absolute atomic E-state index is 12.9. The lowest BCUT2D eigenvalue weighted by Crippen LogP contribution is -2.45. The Morgan fingerprint density at radius 1 is 1.40 bits per heavy atom. The molecule has 2 aromatic rings. The second-order valence-corrected chi connectivity index (χ2v) is 6.81. The molecule has 1 aliphatic heterocycles. The van der Waals surface area contributed by atoms with Gasteiger partial charge in [-0.05, 0) is 40.0 Å². The number of aromatic nitrogens is 4. The molecule has 1 aliphatic rings. The molecule has 0 aromatic carbocycles. The molecule has 0 saturated carbocycles. The molecule has 1 amide bonds. The van der Waals surface area contributed by atoms with Crippen molar-refractivity contribution < 1.29 is 9.32 Å². The Kier molecular flexibility index (Phi) is 5.47. The van der Waals surface area contributed by atoms with E-state index in [4.69, 9.17) is 4.52 Å². The van der Waals surface area contributed by atoms with Crippen molar-refractivity contribution in [2.24, 2.45) is 0 Å². The van der Waals surface area contributed by atoms with Crippen LogP contribution in [0.3, 0.4) is 0 Å². The Balaban J connectivity index is 1.63. The summed E-state index contributed by atoms with van der Waals surface area (Å²) in [6.45, 7) is 7.75. The average Bonchev–Trinajstić information content (AvgIpc) is 3.17. The largest absolute Gasteiger partial charge is 0.337 e. The van der Waals surface area contributed by atoms with Crippen LogP contribution in [-0.2, 0) is 17.9 Å². The standard InChI is InChI=1S/C17H26N6O2/c1-12(2)23-11-18-8-14(23)9-19-15-6-4-5-7-22(17(15)24)10-16-20-13(3)21-25-16/h8,11-12,15,19H,4-7,9-10H2,1-3H3. The van der Waals surface area contributed by atoms with E-state index in [2.05, 4.69) is 38.9 Å². The predicted octanol–water partition coefficient (Wildman–Crippen LogP) is 1.83. The van der Waals surface area contributed by atoms with Gasteiger partial charge in [0.25, 0.3) is 0 Å². The first-order valence-electron chi connectivity index (χ1n) is 8.86. The number of nitrogens with one attached hydrogen (secondary N) is 1. The van der Waals surface area contributed by atoms with Crippen LogP contribution >= 0.6 is 0 Å². The van der Waals surface area contributed by atoms with Crippen LogP contribution in [0.25, 0.3) is 0 Å². The molecular formula is C17H26N6O2. The fourth-order valence-corrected chi connectivity index (χ4v) is 3.18. The van der Waals surface area contributed by atoms with E-state index >= 15 is 0 Å². The lowest BCUT2D eigenvalue weighted by Gasteiger charge is -2.24. The molecule has 1 atom stereocenters. The topological polar surface area (TPSA) is 89.1 Å². The average molecular weight is 346 g/mol. The highest BCUT2D eigenvalue weighted by Crippen LogP contribution is 2.16. The van der Waals surface area contributed by atoms with Gasteiger partial charge in [-0.2, -0.15) is 4.98 Å². The van der Waals surface area contributed by atoms with Crippen LogP contribution in [0, 0.1) is 6.92 Å². The van der Waals surface area contributed by atoms with Gasteiger partial charge in [-0.25, -0.2) is 4.98 Å². The molecule has 8 heteroatoms. The molecule has 0 radical (unpaired) electrons. The quantitative estimate of drug-likeness (QED) is 0.858. The molecule has 1 N–H and O–H groups in total. The Labute approximate surface area is 147 Å². The number of imidazole rings is 1. The van der Waals surface area contributed by atoms with Crippen LogP contribution in [0.2, 0.25) is 0 Å². The Hall–Kier alpha value is -2.22. The highest BCUT2D eigenvalue weighted by Gasteiger charge is 2.28. The molecule has 0 spiro atoms. The number of amides is 1. The van der Waals surface area contributed by atoms with E-state index in [1.54, 1.807) is 6.92 Å². The molecule has 1 fully saturated rings. The summed E-state index contributed by atoms with van der Waals surface area (Å²) in [7, 11) is 0. The third kappa shape index (κ3) is 4.25. The van der Waals surface area contributed by atoms with Crippen LogP contribution in [0.15, 0.2) is 17.0 Å². The lowest BCUT2D eigenvalue weighted by molar-refractivity contribution is -0.133. The van der Waals surface area contributed by atoms with Crippen LogP contribution in [0.1, 0.15) is 56.6 Å². The van der Waals surface area contributed by atoms with Crippen LogP contribution in [0.5, 0.6) is 0 Å². The number of carbonyl (C=O) groups excluding carboxylic acids is 1. The first-order valence-corrected chi connectivity index (χ1v) is 8.86. The molecule has 8 nitrogen and oxygen atoms in total. The van der Waals surface area contributed by atoms with Gasteiger partial charge in [0.1, 0.15) is 6.54 Å². The van der Waals surface area contributed by atoms with E-state index in [9.17, 15) is 4.79 Å². The minimum Gasteiger partial charge on any atom is -0.337 e. The summed E-state index contributed by atoms with van der Waals surface area (Å²) in [5.74, 6) is 1.18. The zero-order valence-electron chi connectivity index (χ0n) is 15.1. The minimum absolute atomic E-state index is 0.101. The molecule has 2 aromatic heterocycles. The third-order valence-electron chi connectivity index (χ3n) is 4.51. The summed E-state index contributed by atoms with van der Waals surface area (Å²) in [6.07, 6.45) is 6.54. The number of rotatable bonds is 6. The predicted molar refractivity (Wildman–Crippen MR) is 91.5 cm³/mol. The first kappa shape index (κ1) is 17.6. The van der Waals surface area contributed by atoms with Gasteiger partial charge in [0.05, 0.1) is 18.1 Å². The van der Waals surface area contributed by atoms with Gasteiger partial charge in [-0.3, -0.25) is 4.79 Å². The van der Waals surface area contributed by atoms with Crippen LogP contribution in [0.4, 0.5) is 0 Å². The number of likely N-dealkylation sites (tertiary alicyclic amines) is 1. The lowest BCUT2D eigenvalue weighted by atomic mass is 10.1. The van der Waals surface area contributed by atoms with E-state index in [-0.39, 0.29) is 11.9 Å². The van der Waals surface area contributed by atoms with Gasteiger partial charge in [0.15, 0.2) is 5.82 Å². The molecule has 1 unspecified atom stereocenters. The Morgan fingerprint density at radius 2 is 2.24 bits per heavy atom. The summed E-state index contributed by atoms with van der Waals surface area (Å²) < 4.78 is 7.28. The maximum atomic E-state index is 12.9. The van der Waals surface area contributed by atoms with Gasteiger partial charge in [0, 0.05) is 25.3 Å². The van der Waals surface area contributed by atoms with Gasteiger partial charge in [0.2, 0.25) is 11.8 Å². The molecular weight excluding hydrogens is 320 g/mol. The highest BCUT2D eigenvalue weighted by atomic mass is 16.5. The number of carbonyl (C=O) groups is 1. The van der Waals surface area contributed by atoms with Crippen molar-refractivity contribution in [1.82, 2.24) is 29.9 Å². The summed E-state index contributed by atoms with van der Waals surface area (Å²) in [5.41, 5.74) is 1.09. The van der Waals surface area contributed by atoms with Gasteiger partial charge in [-0.1, -0.05) is 5.16 Å². The fourth-order valence-electron chi connectivity index (χ4n) is 3.18. The molecule has 3 heterocycles. The van der Waals surface area contributed by atoms with Crippen molar-refractivity contribution in [3.05, 3.63) is 29.9 Å². The number of hydrogen-bond donors (Lipinski definition) is 1. The fraction of sp³-hybridized carbons (Fsp3) is 0.647. The molecule has 136 valence electrons. The minimum atomic E-state index is -0.193. The van der Waals surface area contributed by atoms with Crippen LogP contribution in [-0.4, -0.2) is 43.1 Å². The van der Waals surface area contributed by atoms with Crippen molar-refractivity contribution in [3.8, 4) is 0 Å². The first-order chi connectivity index (χ1) is 12.0. The van der Waals surface area contributed by atoms with E-state index in [1.165, 1.54) is 0 Å². The zero-order chi connectivity index (χ0) is 17.8. The van der Waals surface area contributed by atoms with Crippen molar-refractivity contribution >= 4 is 5.91 Å². The summed E-state index contributed by atoms with van der Waals surface area (Å²) in [6, 6.07) is 0.156. The number of nitrogens with zero attached hydrogens (tertiary/aromatic N) is 5. The Morgan fingerprint density at radius 3 is 2.96 bits per heavy atom. The maximum Gasteiger partial charge on any atom is 0.246 e. The number of aryl methyl sites for hydroxylation is 1. The summed E-state index contributed by atoms with van der Waals surface area (Å²) in [4.78, 5) is 23.1. The Bertz CT molecular complexity index is 708. The van der Waals surface area contributed by atoms with E-state index < -0.39 is 0 Å². The van der Waals surface area contributed by atoms with E-state index in [1.807, 2.05) is 17.4 Å². The molecule has 3 rings (SSSR count). The van der Waals surface area contributed by atoms with Gasteiger partial charge >= 0.3 is 0 Å². The van der Waals surface area contributed by atoms with E-state index in [0.717, 1.165) is 31.5 Å².